The Morgan fingerprint density at radius 1 is 1.06 bits per heavy atom. The summed E-state index contributed by atoms with van der Waals surface area (Å²) in [7, 11) is 0. The summed E-state index contributed by atoms with van der Waals surface area (Å²) in [5.74, 6) is 1.70. The Morgan fingerprint density at radius 3 is 2.50 bits per heavy atom. The first-order valence-electron chi connectivity index (χ1n) is 7.65. The van der Waals surface area contributed by atoms with Gasteiger partial charge in [-0.3, -0.25) is 0 Å². The van der Waals surface area contributed by atoms with Gasteiger partial charge in [-0.25, -0.2) is 0 Å². The van der Waals surface area contributed by atoms with Crippen LogP contribution in [0.2, 0.25) is 0 Å². The first-order chi connectivity index (χ1) is 8.84. The van der Waals surface area contributed by atoms with E-state index < -0.39 is 0 Å². The van der Waals surface area contributed by atoms with Crippen molar-refractivity contribution in [2.75, 3.05) is 0 Å². The molecular weight excluding hydrogens is 218 g/mol. The van der Waals surface area contributed by atoms with Gasteiger partial charge in [0.05, 0.1) is 0 Å². The van der Waals surface area contributed by atoms with Crippen molar-refractivity contribution < 1.29 is 0 Å². The fourth-order valence-electron chi connectivity index (χ4n) is 3.56. The molecule has 18 heavy (non-hydrogen) atoms. The Balaban J connectivity index is 1.50. The molecule has 1 N–H and O–H groups in total. The molecule has 3 atom stereocenters. The minimum absolute atomic E-state index is 0.712. The Morgan fingerprint density at radius 2 is 1.78 bits per heavy atom. The van der Waals surface area contributed by atoms with E-state index in [9.17, 15) is 0 Å². The Kier molecular flexibility index (Phi) is 3.69. The van der Waals surface area contributed by atoms with Gasteiger partial charge >= 0.3 is 0 Å². The molecule has 0 saturated heterocycles. The molecule has 0 radical (unpaired) electrons. The van der Waals surface area contributed by atoms with Crippen LogP contribution >= 0.6 is 0 Å². The molecule has 0 aliphatic heterocycles. The fraction of sp³-hybridized carbons (Fsp3) is 0.647. The molecule has 1 nitrogen and oxygen atoms in total. The summed E-state index contributed by atoms with van der Waals surface area (Å²) in [5, 5.41) is 3.87. The summed E-state index contributed by atoms with van der Waals surface area (Å²) < 4.78 is 0. The maximum Gasteiger partial charge on any atom is 0.0145 e. The molecule has 2 fully saturated rings. The molecular formula is C17H25N. The minimum Gasteiger partial charge on any atom is -0.311 e. The van der Waals surface area contributed by atoms with E-state index in [0.717, 1.165) is 17.9 Å². The van der Waals surface area contributed by atoms with E-state index in [2.05, 4.69) is 42.6 Å². The second-order valence-corrected chi connectivity index (χ2v) is 6.21. The third-order valence-electron chi connectivity index (χ3n) is 4.85. The highest BCUT2D eigenvalue weighted by Gasteiger charge is 2.39. The van der Waals surface area contributed by atoms with Gasteiger partial charge in [-0.2, -0.15) is 0 Å². The lowest BCUT2D eigenvalue weighted by molar-refractivity contribution is 0.279. The summed E-state index contributed by atoms with van der Waals surface area (Å²) in [4.78, 5) is 0. The van der Waals surface area contributed by atoms with Gasteiger partial charge in [0.15, 0.2) is 0 Å². The Hall–Kier alpha value is -0.820. The Labute approximate surface area is 111 Å². The van der Waals surface area contributed by atoms with E-state index >= 15 is 0 Å². The monoisotopic (exact) mass is 243 g/mol. The zero-order valence-corrected chi connectivity index (χ0v) is 11.4. The molecule has 1 aromatic rings. The van der Waals surface area contributed by atoms with Crippen LogP contribution in [0.1, 0.15) is 56.9 Å². The van der Waals surface area contributed by atoms with Crippen molar-refractivity contribution in [2.24, 2.45) is 5.92 Å². The van der Waals surface area contributed by atoms with E-state index in [1.54, 1.807) is 0 Å². The summed E-state index contributed by atoms with van der Waals surface area (Å²) in [6.07, 6.45) is 8.57. The van der Waals surface area contributed by atoms with Crippen LogP contribution in [0.25, 0.3) is 0 Å². The van der Waals surface area contributed by atoms with Crippen LogP contribution in [-0.2, 0) is 0 Å². The van der Waals surface area contributed by atoms with Gasteiger partial charge in [-0.15, -0.1) is 0 Å². The third kappa shape index (κ3) is 2.77. The number of benzene rings is 1. The topological polar surface area (TPSA) is 12.0 Å². The SMILES string of the molecule is CC(NC1CC1c1ccccc1)C1CCCCC1. The van der Waals surface area contributed by atoms with E-state index in [-0.39, 0.29) is 0 Å². The normalized spacial score (nSPS) is 30.1. The van der Waals surface area contributed by atoms with Crippen LogP contribution in [0.15, 0.2) is 30.3 Å². The quantitative estimate of drug-likeness (QED) is 0.839. The molecule has 0 spiro atoms. The molecule has 98 valence electrons. The van der Waals surface area contributed by atoms with Gasteiger partial charge < -0.3 is 5.32 Å². The van der Waals surface area contributed by atoms with E-state index in [4.69, 9.17) is 0 Å². The van der Waals surface area contributed by atoms with Crippen LogP contribution in [-0.4, -0.2) is 12.1 Å². The second-order valence-electron chi connectivity index (χ2n) is 6.21. The lowest BCUT2D eigenvalue weighted by Gasteiger charge is -2.28. The first-order valence-corrected chi connectivity index (χ1v) is 7.65. The highest BCUT2D eigenvalue weighted by Crippen LogP contribution is 2.41. The van der Waals surface area contributed by atoms with Crippen LogP contribution < -0.4 is 5.32 Å². The zero-order valence-electron chi connectivity index (χ0n) is 11.4. The molecule has 1 heteroatoms. The molecule has 0 amide bonds. The van der Waals surface area contributed by atoms with Crippen molar-refractivity contribution in [3.63, 3.8) is 0 Å². The average Bonchev–Trinajstić information content (AvgIpc) is 3.20. The van der Waals surface area contributed by atoms with Gasteiger partial charge in [0.25, 0.3) is 0 Å². The first kappa shape index (κ1) is 12.2. The van der Waals surface area contributed by atoms with Gasteiger partial charge in [-0.05, 0) is 37.7 Å². The summed E-state index contributed by atoms with van der Waals surface area (Å²) in [6, 6.07) is 12.4. The van der Waals surface area contributed by atoms with Crippen LogP contribution in [0.4, 0.5) is 0 Å². The third-order valence-corrected chi connectivity index (χ3v) is 4.85. The van der Waals surface area contributed by atoms with Gasteiger partial charge in [0, 0.05) is 18.0 Å². The summed E-state index contributed by atoms with van der Waals surface area (Å²) in [6.45, 7) is 2.40. The lowest BCUT2D eigenvalue weighted by Crippen LogP contribution is -2.36. The van der Waals surface area contributed by atoms with E-state index in [1.165, 1.54) is 44.1 Å². The molecule has 2 saturated carbocycles. The lowest BCUT2D eigenvalue weighted by atomic mass is 9.84. The maximum absolute atomic E-state index is 3.87. The fourth-order valence-corrected chi connectivity index (χ4v) is 3.56. The molecule has 0 heterocycles. The van der Waals surface area contributed by atoms with Crippen molar-refractivity contribution >= 4 is 0 Å². The predicted octanol–water partition coefficient (Wildman–Crippen LogP) is 4.10. The second kappa shape index (κ2) is 5.44. The van der Waals surface area contributed by atoms with Crippen LogP contribution in [0.3, 0.4) is 0 Å². The van der Waals surface area contributed by atoms with Crippen molar-refractivity contribution in [1.29, 1.82) is 0 Å². The molecule has 2 aliphatic rings. The molecule has 0 aromatic heterocycles. The molecule has 1 aromatic carbocycles. The number of rotatable bonds is 4. The molecule has 3 unspecified atom stereocenters. The smallest absolute Gasteiger partial charge is 0.0145 e. The standard InChI is InChI=1S/C17H25N/c1-13(14-8-4-2-5-9-14)18-17-12-16(17)15-10-6-3-7-11-15/h3,6-7,10-11,13-14,16-18H,2,4-5,8-9,12H2,1H3. The molecule has 3 rings (SSSR count). The molecule has 0 bridgehead atoms. The van der Waals surface area contributed by atoms with Crippen molar-refractivity contribution in [2.45, 2.75) is 63.5 Å². The maximum atomic E-state index is 3.87. The number of nitrogens with one attached hydrogen (secondary N) is 1. The van der Waals surface area contributed by atoms with Crippen LogP contribution in [0, 0.1) is 5.92 Å². The largest absolute Gasteiger partial charge is 0.311 e. The summed E-state index contributed by atoms with van der Waals surface area (Å²) in [5.41, 5.74) is 1.52. The highest BCUT2D eigenvalue weighted by atomic mass is 15.0. The number of hydrogen-bond donors (Lipinski definition) is 1. The predicted molar refractivity (Wildman–Crippen MR) is 76.8 cm³/mol. The van der Waals surface area contributed by atoms with Gasteiger partial charge in [0.1, 0.15) is 0 Å². The van der Waals surface area contributed by atoms with E-state index in [1.807, 2.05) is 0 Å². The van der Waals surface area contributed by atoms with Crippen molar-refractivity contribution in [1.82, 2.24) is 5.32 Å². The van der Waals surface area contributed by atoms with Crippen molar-refractivity contribution in [3.8, 4) is 0 Å². The molecule has 2 aliphatic carbocycles. The Bertz CT molecular complexity index is 366. The van der Waals surface area contributed by atoms with Gasteiger partial charge in [0.2, 0.25) is 0 Å². The van der Waals surface area contributed by atoms with E-state index in [0.29, 0.717) is 6.04 Å². The average molecular weight is 243 g/mol. The van der Waals surface area contributed by atoms with Crippen molar-refractivity contribution in [3.05, 3.63) is 35.9 Å². The summed E-state index contributed by atoms with van der Waals surface area (Å²) >= 11 is 0. The van der Waals surface area contributed by atoms with Crippen LogP contribution in [0.5, 0.6) is 0 Å². The number of hydrogen-bond acceptors (Lipinski definition) is 1. The zero-order chi connectivity index (χ0) is 12.4. The highest BCUT2D eigenvalue weighted by molar-refractivity contribution is 5.27. The van der Waals surface area contributed by atoms with Gasteiger partial charge in [-0.1, -0.05) is 49.6 Å². The minimum atomic E-state index is 0.712.